The van der Waals surface area contributed by atoms with Crippen LogP contribution in [0.5, 0.6) is 0 Å². The van der Waals surface area contributed by atoms with Crippen LogP contribution in [-0.4, -0.2) is 17.5 Å². The van der Waals surface area contributed by atoms with Gasteiger partial charge in [-0.25, -0.2) is 0 Å². The van der Waals surface area contributed by atoms with E-state index >= 15 is 0 Å². The maximum absolute atomic E-state index is 12.6. The molecule has 0 amide bonds. The van der Waals surface area contributed by atoms with Gasteiger partial charge in [0.1, 0.15) is 0 Å². The summed E-state index contributed by atoms with van der Waals surface area (Å²) in [6, 6.07) is 1.86. The van der Waals surface area contributed by atoms with Crippen molar-refractivity contribution in [2.75, 3.05) is 0 Å². The number of carbonyl (C=O) groups excluding carboxylic acids is 1. The van der Waals surface area contributed by atoms with Gasteiger partial charge in [0.2, 0.25) is 0 Å². The standard InChI is InChI=1S/C12H11F6NO/c1-6-5-7(11(13,14)15)3-4-8(6)9(20)10(2,19)12(16,17)18/h3-5H,19H2,1-2H3. The fourth-order valence-corrected chi connectivity index (χ4v) is 1.50. The number of alkyl halides is 6. The van der Waals surface area contributed by atoms with Crippen molar-refractivity contribution >= 4 is 5.78 Å². The van der Waals surface area contributed by atoms with Crippen LogP contribution in [0.15, 0.2) is 18.2 Å². The summed E-state index contributed by atoms with van der Waals surface area (Å²) in [6.07, 6.45) is -9.64. The quantitative estimate of drug-likeness (QED) is 0.671. The lowest BCUT2D eigenvalue weighted by Crippen LogP contribution is -2.57. The summed E-state index contributed by atoms with van der Waals surface area (Å²) in [5, 5.41) is 0. The van der Waals surface area contributed by atoms with Gasteiger partial charge in [0.15, 0.2) is 11.3 Å². The average molecular weight is 299 g/mol. The second-order valence-corrected chi connectivity index (χ2v) is 4.56. The zero-order chi connectivity index (χ0) is 15.9. The third-order valence-electron chi connectivity index (χ3n) is 2.86. The number of rotatable bonds is 2. The van der Waals surface area contributed by atoms with Crippen LogP contribution in [0, 0.1) is 6.92 Å². The van der Waals surface area contributed by atoms with Crippen LogP contribution in [-0.2, 0) is 6.18 Å². The van der Waals surface area contributed by atoms with Gasteiger partial charge in [-0.15, -0.1) is 0 Å². The highest BCUT2D eigenvalue weighted by atomic mass is 19.4. The molecule has 0 aliphatic heterocycles. The van der Waals surface area contributed by atoms with Crippen molar-refractivity contribution in [3.05, 3.63) is 34.9 Å². The van der Waals surface area contributed by atoms with E-state index in [-0.39, 0.29) is 5.56 Å². The number of carbonyl (C=O) groups is 1. The number of benzene rings is 1. The molecular weight excluding hydrogens is 288 g/mol. The first-order valence-corrected chi connectivity index (χ1v) is 5.36. The van der Waals surface area contributed by atoms with E-state index in [0.29, 0.717) is 25.1 Å². The first kappa shape index (κ1) is 16.5. The van der Waals surface area contributed by atoms with Crippen molar-refractivity contribution < 1.29 is 31.1 Å². The third-order valence-corrected chi connectivity index (χ3v) is 2.86. The van der Waals surface area contributed by atoms with Crippen molar-refractivity contribution in [1.82, 2.24) is 0 Å². The molecule has 0 spiro atoms. The maximum Gasteiger partial charge on any atom is 0.416 e. The van der Waals surface area contributed by atoms with Crippen LogP contribution in [0.1, 0.15) is 28.4 Å². The van der Waals surface area contributed by atoms with Crippen molar-refractivity contribution in [1.29, 1.82) is 0 Å². The van der Waals surface area contributed by atoms with Gasteiger partial charge in [0, 0.05) is 5.56 Å². The summed E-state index contributed by atoms with van der Waals surface area (Å²) >= 11 is 0. The molecule has 2 nitrogen and oxygen atoms in total. The van der Waals surface area contributed by atoms with Crippen molar-refractivity contribution in [2.45, 2.75) is 31.7 Å². The molecular formula is C12H11F6NO. The molecule has 1 unspecified atom stereocenters. The number of hydrogen-bond acceptors (Lipinski definition) is 2. The van der Waals surface area contributed by atoms with Crippen molar-refractivity contribution in [3.63, 3.8) is 0 Å². The van der Waals surface area contributed by atoms with Gasteiger partial charge in [-0.2, -0.15) is 26.3 Å². The SMILES string of the molecule is Cc1cc(C(F)(F)F)ccc1C(=O)C(C)(N)C(F)(F)F. The van der Waals surface area contributed by atoms with Crippen LogP contribution in [0.4, 0.5) is 26.3 Å². The van der Waals surface area contributed by atoms with E-state index in [9.17, 15) is 31.1 Å². The van der Waals surface area contributed by atoms with Crippen molar-refractivity contribution in [2.24, 2.45) is 5.73 Å². The maximum atomic E-state index is 12.6. The Bertz CT molecular complexity index is 530. The number of hydrogen-bond donors (Lipinski definition) is 1. The minimum absolute atomic E-state index is 0.217. The molecule has 20 heavy (non-hydrogen) atoms. The van der Waals surface area contributed by atoms with Gasteiger partial charge >= 0.3 is 12.4 Å². The molecule has 1 aromatic rings. The van der Waals surface area contributed by atoms with E-state index in [1.807, 2.05) is 0 Å². The zero-order valence-electron chi connectivity index (χ0n) is 10.5. The lowest BCUT2D eigenvalue weighted by atomic mass is 9.88. The number of Topliss-reactive ketones (excluding diaryl/α,β-unsaturated/α-hetero) is 1. The molecule has 0 aliphatic rings. The fourth-order valence-electron chi connectivity index (χ4n) is 1.50. The third kappa shape index (κ3) is 2.95. The van der Waals surface area contributed by atoms with Gasteiger partial charge in [0.05, 0.1) is 5.56 Å². The number of halogens is 6. The topological polar surface area (TPSA) is 43.1 Å². The average Bonchev–Trinajstić information content (AvgIpc) is 2.25. The molecule has 2 N–H and O–H groups in total. The molecule has 0 saturated carbocycles. The lowest BCUT2D eigenvalue weighted by Gasteiger charge is -2.26. The second kappa shape index (κ2) is 4.76. The summed E-state index contributed by atoms with van der Waals surface area (Å²) in [5.41, 5.74) is 0.0632. The Morgan fingerprint density at radius 1 is 1.10 bits per heavy atom. The summed E-state index contributed by atoms with van der Waals surface area (Å²) in [7, 11) is 0. The molecule has 0 saturated heterocycles. The van der Waals surface area contributed by atoms with E-state index < -0.39 is 34.8 Å². The van der Waals surface area contributed by atoms with E-state index in [2.05, 4.69) is 0 Å². The molecule has 0 bridgehead atoms. The van der Waals surface area contributed by atoms with Gasteiger partial charge < -0.3 is 5.73 Å². The van der Waals surface area contributed by atoms with Crippen LogP contribution >= 0.6 is 0 Å². The van der Waals surface area contributed by atoms with Crippen molar-refractivity contribution in [3.8, 4) is 0 Å². The Labute approximate surface area is 110 Å². The molecule has 0 heterocycles. The Hall–Kier alpha value is -1.57. The minimum Gasteiger partial charge on any atom is -0.311 e. The van der Waals surface area contributed by atoms with E-state index in [1.54, 1.807) is 0 Å². The van der Waals surface area contributed by atoms with E-state index in [4.69, 9.17) is 5.73 Å². The number of aryl methyl sites for hydroxylation is 1. The lowest BCUT2D eigenvalue weighted by molar-refractivity contribution is -0.166. The summed E-state index contributed by atoms with van der Waals surface area (Å²) in [6.45, 7) is 1.60. The Morgan fingerprint density at radius 3 is 1.95 bits per heavy atom. The molecule has 8 heteroatoms. The summed E-state index contributed by atoms with van der Waals surface area (Å²) in [4.78, 5) is 11.8. The smallest absolute Gasteiger partial charge is 0.311 e. The number of ketones is 1. The van der Waals surface area contributed by atoms with Gasteiger partial charge in [-0.3, -0.25) is 4.79 Å². The highest BCUT2D eigenvalue weighted by Gasteiger charge is 2.54. The van der Waals surface area contributed by atoms with Crippen LogP contribution in [0.25, 0.3) is 0 Å². The zero-order valence-corrected chi connectivity index (χ0v) is 10.5. The van der Waals surface area contributed by atoms with Crippen LogP contribution < -0.4 is 5.73 Å². The first-order valence-electron chi connectivity index (χ1n) is 5.36. The van der Waals surface area contributed by atoms with Gasteiger partial charge in [0.25, 0.3) is 0 Å². The Kier molecular flexibility index (Phi) is 3.93. The normalized spacial score (nSPS) is 15.8. The van der Waals surface area contributed by atoms with Crippen LogP contribution in [0.3, 0.4) is 0 Å². The molecule has 1 atom stereocenters. The fraction of sp³-hybridized carbons (Fsp3) is 0.417. The molecule has 1 aromatic carbocycles. The molecule has 112 valence electrons. The highest BCUT2D eigenvalue weighted by molar-refractivity contribution is 6.04. The monoisotopic (exact) mass is 299 g/mol. The second-order valence-electron chi connectivity index (χ2n) is 4.56. The predicted octanol–water partition coefficient (Wildman–Crippen LogP) is 3.48. The largest absolute Gasteiger partial charge is 0.416 e. The Morgan fingerprint density at radius 2 is 1.60 bits per heavy atom. The van der Waals surface area contributed by atoms with E-state index in [1.165, 1.54) is 0 Å². The molecule has 0 radical (unpaired) electrons. The molecule has 1 rings (SSSR count). The molecule has 0 fully saturated rings. The van der Waals surface area contributed by atoms with E-state index in [0.717, 1.165) is 6.92 Å². The predicted molar refractivity (Wildman–Crippen MR) is 59.2 cm³/mol. The van der Waals surface area contributed by atoms with Gasteiger partial charge in [-0.1, -0.05) is 6.07 Å². The summed E-state index contributed by atoms with van der Waals surface area (Å²) in [5.74, 6) is -1.48. The van der Waals surface area contributed by atoms with Crippen LogP contribution in [0.2, 0.25) is 0 Å². The molecule has 0 aromatic heterocycles. The first-order chi connectivity index (χ1) is 8.78. The minimum atomic E-state index is -5.00. The van der Waals surface area contributed by atoms with Gasteiger partial charge in [-0.05, 0) is 31.5 Å². The summed E-state index contributed by atoms with van der Waals surface area (Å²) < 4.78 is 75.2. The number of nitrogens with two attached hydrogens (primary N) is 1. The Balaban J connectivity index is 3.27. The highest BCUT2D eigenvalue weighted by Crippen LogP contribution is 2.34. The molecule has 0 aliphatic carbocycles.